The molecule has 2 aliphatic rings. The summed E-state index contributed by atoms with van der Waals surface area (Å²) in [5, 5.41) is 10.2. The van der Waals surface area contributed by atoms with Crippen LogP contribution in [-0.2, 0) is 34.3 Å². The predicted molar refractivity (Wildman–Crippen MR) is 129 cm³/mol. The number of carbonyl (C=O) groups is 3. The smallest absolute Gasteiger partial charge is 0.247 e. The minimum atomic E-state index is -0.926. The van der Waals surface area contributed by atoms with Crippen LogP contribution >= 0.6 is 0 Å². The summed E-state index contributed by atoms with van der Waals surface area (Å²) >= 11 is 0. The molecular formula is C26H35N5O3. The van der Waals surface area contributed by atoms with Gasteiger partial charge in [-0.2, -0.15) is 5.10 Å². The van der Waals surface area contributed by atoms with E-state index in [1.807, 2.05) is 39.8 Å². The van der Waals surface area contributed by atoms with Crippen LogP contribution in [0.3, 0.4) is 0 Å². The molecule has 34 heavy (non-hydrogen) atoms. The number of amides is 3. The lowest BCUT2D eigenvalue weighted by Gasteiger charge is -2.44. The largest absolute Gasteiger partial charge is 0.352 e. The van der Waals surface area contributed by atoms with E-state index >= 15 is 0 Å². The molecule has 2 N–H and O–H groups in total. The van der Waals surface area contributed by atoms with Gasteiger partial charge in [0.2, 0.25) is 17.7 Å². The maximum atomic E-state index is 14.1. The second-order valence-corrected chi connectivity index (χ2v) is 10.3. The van der Waals surface area contributed by atoms with E-state index < -0.39 is 18.1 Å². The Labute approximate surface area is 201 Å². The Hall–Kier alpha value is -3.16. The van der Waals surface area contributed by atoms with Gasteiger partial charge in [0.25, 0.3) is 0 Å². The summed E-state index contributed by atoms with van der Waals surface area (Å²) < 4.78 is 1.61. The van der Waals surface area contributed by atoms with Crippen molar-refractivity contribution in [2.75, 3.05) is 0 Å². The molecule has 1 saturated heterocycles. The molecule has 2 heterocycles. The van der Waals surface area contributed by atoms with Crippen molar-refractivity contribution in [3.05, 3.63) is 53.3 Å². The molecule has 2 aromatic rings. The minimum absolute atomic E-state index is 0.0425. The normalized spacial score (nSPS) is 21.7. The van der Waals surface area contributed by atoms with Gasteiger partial charge in [-0.15, -0.1) is 0 Å². The van der Waals surface area contributed by atoms with E-state index in [4.69, 9.17) is 0 Å². The van der Waals surface area contributed by atoms with E-state index in [0.717, 1.165) is 12.8 Å². The molecule has 182 valence electrons. The molecule has 3 unspecified atom stereocenters. The molecule has 1 aromatic carbocycles. The first kappa shape index (κ1) is 24.0. The average Bonchev–Trinajstić information content (AvgIpc) is 3.38. The highest BCUT2D eigenvalue weighted by Crippen LogP contribution is 2.35. The highest BCUT2D eigenvalue weighted by molar-refractivity contribution is 6.00. The number of fused-ring (bicyclic) bond motifs is 1. The molecule has 3 atom stereocenters. The van der Waals surface area contributed by atoms with E-state index in [1.165, 1.54) is 11.1 Å². The van der Waals surface area contributed by atoms with E-state index in [2.05, 4.69) is 27.9 Å². The second-order valence-electron chi connectivity index (χ2n) is 10.3. The van der Waals surface area contributed by atoms with E-state index in [1.54, 1.807) is 29.0 Å². The molecule has 1 fully saturated rings. The Morgan fingerprint density at radius 3 is 2.32 bits per heavy atom. The third-order valence-electron chi connectivity index (χ3n) is 6.70. The van der Waals surface area contributed by atoms with Crippen molar-refractivity contribution < 1.29 is 14.4 Å². The molecular weight excluding hydrogens is 430 g/mol. The van der Waals surface area contributed by atoms with Crippen molar-refractivity contribution in [1.29, 1.82) is 0 Å². The molecule has 1 aliphatic carbocycles. The van der Waals surface area contributed by atoms with Crippen molar-refractivity contribution in [3.8, 4) is 0 Å². The van der Waals surface area contributed by atoms with Gasteiger partial charge in [0.1, 0.15) is 18.1 Å². The van der Waals surface area contributed by atoms with Crippen LogP contribution in [0.2, 0.25) is 0 Å². The fraction of sp³-hybridized carbons (Fsp3) is 0.538. The standard InChI is InChI=1S/C26H35N5O3/c1-15(2)10-21-24(32)29-22(19-11-17-8-6-7-9-18(17)12-19)26(34)31(21)23(25(33)28-16(3)4)20-13-27-30(5)14-20/h6-9,13-16,19,21-23H,10-12H2,1-5H3,(H,28,33)(H,29,32). The van der Waals surface area contributed by atoms with Gasteiger partial charge >= 0.3 is 0 Å². The van der Waals surface area contributed by atoms with Gasteiger partial charge in [0.05, 0.1) is 6.20 Å². The Balaban J connectivity index is 1.73. The molecule has 0 spiro atoms. The summed E-state index contributed by atoms with van der Waals surface area (Å²) in [4.78, 5) is 42.6. The Morgan fingerprint density at radius 2 is 1.79 bits per heavy atom. The van der Waals surface area contributed by atoms with Gasteiger partial charge in [-0.1, -0.05) is 38.1 Å². The Bertz CT molecular complexity index is 1050. The molecule has 8 heteroatoms. The molecule has 8 nitrogen and oxygen atoms in total. The fourth-order valence-corrected chi connectivity index (χ4v) is 5.26. The van der Waals surface area contributed by atoms with E-state index in [9.17, 15) is 14.4 Å². The zero-order valence-electron chi connectivity index (χ0n) is 20.6. The van der Waals surface area contributed by atoms with Gasteiger partial charge in [-0.3, -0.25) is 19.1 Å². The number of aryl methyl sites for hydroxylation is 1. The minimum Gasteiger partial charge on any atom is -0.352 e. The summed E-state index contributed by atoms with van der Waals surface area (Å²) in [6, 6.07) is 5.74. The molecule has 1 aromatic heterocycles. The topological polar surface area (TPSA) is 96.3 Å². The molecule has 0 radical (unpaired) electrons. The first-order valence-electron chi connectivity index (χ1n) is 12.1. The van der Waals surface area contributed by atoms with Crippen LogP contribution in [0.15, 0.2) is 36.7 Å². The number of hydrogen-bond acceptors (Lipinski definition) is 4. The first-order chi connectivity index (χ1) is 16.2. The number of nitrogens with zero attached hydrogens (tertiary/aromatic N) is 3. The summed E-state index contributed by atoms with van der Waals surface area (Å²) in [7, 11) is 1.77. The number of carbonyl (C=O) groups excluding carboxylic acids is 3. The highest BCUT2D eigenvalue weighted by atomic mass is 16.2. The monoisotopic (exact) mass is 465 g/mol. The lowest BCUT2D eigenvalue weighted by Crippen LogP contribution is -2.67. The molecule has 1 aliphatic heterocycles. The summed E-state index contributed by atoms with van der Waals surface area (Å²) in [6.07, 6.45) is 5.28. The third-order valence-corrected chi connectivity index (χ3v) is 6.70. The highest BCUT2D eigenvalue weighted by Gasteiger charge is 2.49. The lowest BCUT2D eigenvalue weighted by atomic mass is 9.88. The van der Waals surface area contributed by atoms with Crippen molar-refractivity contribution in [1.82, 2.24) is 25.3 Å². The van der Waals surface area contributed by atoms with Crippen LogP contribution in [-0.4, -0.2) is 50.5 Å². The number of nitrogens with one attached hydrogen (secondary N) is 2. The van der Waals surface area contributed by atoms with Crippen LogP contribution in [0.1, 0.15) is 56.8 Å². The number of benzene rings is 1. The van der Waals surface area contributed by atoms with Gasteiger partial charge in [-0.05, 0) is 56.1 Å². The first-order valence-corrected chi connectivity index (χ1v) is 12.1. The molecule has 3 amide bonds. The maximum Gasteiger partial charge on any atom is 0.247 e. The Kier molecular flexibility index (Phi) is 6.77. The van der Waals surface area contributed by atoms with Gasteiger partial charge in [-0.25, -0.2) is 0 Å². The predicted octanol–water partition coefficient (Wildman–Crippen LogP) is 2.14. The number of piperazine rings is 1. The third kappa shape index (κ3) is 4.72. The van der Waals surface area contributed by atoms with Crippen molar-refractivity contribution >= 4 is 17.7 Å². The second kappa shape index (κ2) is 9.60. The molecule has 0 saturated carbocycles. The number of rotatable bonds is 7. The fourth-order valence-electron chi connectivity index (χ4n) is 5.26. The summed E-state index contributed by atoms with van der Waals surface area (Å²) in [5.74, 6) is -0.565. The zero-order valence-corrected chi connectivity index (χ0v) is 20.6. The van der Waals surface area contributed by atoms with Crippen LogP contribution in [0.4, 0.5) is 0 Å². The molecule has 0 bridgehead atoms. The van der Waals surface area contributed by atoms with Crippen molar-refractivity contribution in [2.24, 2.45) is 18.9 Å². The van der Waals surface area contributed by atoms with Crippen LogP contribution in [0.5, 0.6) is 0 Å². The Morgan fingerprint density at radius 1 is 1.15 bits per heavy atom. The van der Waals surface area contributed by atoms with Gasteiger partial charge < -0.3 is 15.5 Å². The molecule has 4 rings (SSSR count). The van der Waals surface area contributed by atoms with Crippen LogP contribution in [0.25, 0.3) is 0 Å². The van der Waals surface area contributed by atoms with E-state index in [0.29, 0.717) is 12.0 Å². The quantitative estimate of drug-likeness (QED) is 0.655. The van der Waals surface area contributed by atoms with Crippen LogP contribution in [0, 0.1) is 11.8 Å². The van der Waals surface area contributed by atoms with Gasteiger partial charge in [0.15, 0.2) is 0 Å². The SMILES string of the molecule is CC(C)CC1C(=O)NC(C2Cc3ccccc3C2)C(=O)N1C(C(=O)NC(C)C)c1cnn(C)c1. The van der Waals surface area contributed by atoms with Gasteiger partial charge in [0, 0.05) is 24.8 Å². The van der Waals surface area contributed by atoms with Crippen molar-refractivity contribution in [3.63, 3.8) is 0 Å². The summed E-state index contributed by atoms with van der Waals surface area (Å²) in [5.41, 5.74) is 3.03. The average molecular weight is 466 g/mol. The van der Waals surface area contributed by atoms with Crippen molar-refractivity contribution in [2.45, 2.75) is 71.1 Å². The van der Waals surface area contributed by atoms with E-state index in [-0.39, 0.29) is 35.6 Å². The number of hydrogen-bond donors (Lipinski definition) is 2. The zero-order chi connectivity index (χ0) is 24.6. The number of aromatic nitrogens is 2. The maximum absolute atomic E-state index is 14.1. The van der Waals surface area contributed by atoms with Crippen LogP contribution < -0.4 is 10.6 Å². The lowest BCUT2D eigenvalue weighted by molar-refractivity contribution is -0.158. The summed E-state index contributed by atoms with van der Waals surface area (Å²) in [6.45, 7) is 7.80.